The molecule has 0 bridgehead atoms. The third kappa shape index (κ3) is 6.12. The fraction of sp³-hybridized carbons (Fsp3) is 0.706. The summed E-state index contributed by atoms with van der Waals surface area (Å²) in [6.07, 6.45) is 4.48. The van der Waals surface area contributed by atoms with E-state index >= 15 is 0 Å². The molecule has 0 aliphatic carbocycles. The Balaban J connectivity index is 1.76. The predicted molar refractivity (Wildman–Crippen MR) is 86.1 cm³/mol. The lowest BCUT2D eigenvalue weighted by molar-refractivity contribution is 0.0410. The number of hydrogen-bond acceptors (Lipinski definition) is 4. The van der Waals surface area contributed by atoms with E-state index in [-0.39, 0.29) is 0 Å². The minimum atomic E-state index is 0.508. The molecule has 1 aromatic heterocycles. The maximum absolute atomic E-state index is 5.55. The molecule has 4 nitrogen and oxygen atoms in total. The molecule has 0 radical (unpaired) electrons. The number of ether oxygens (including phenoxy) is 1. The SMILES string of the molecule is CC(C)NCc1ccc(CN(C)CC2CCCOC2)nc1. The summed E-state index contributed by atoms with van der Waals surface area (Å²) in [6, 6.07) is 4.83. The van der Waals surface area contributed by atoms with E-state index in [1.807, 2.05) is 6.20 Å². The summed E-state index contributed by atoms with van der Waals surface area (Å²) in [7, 11) is 2.17. The molecule has 2 heterocycles. The standard InChI is InChI=1S/C17H29N3O/c1-14(2)18-9-15-6-7-17(19-10-15)12-20(3)11-16-5-4-8-21-13-16/h6-7,10,14,16,18H,4-5,8-9,11-13H2,1-3H3. The van der Waals surface area contributed by atoms with Gasteiger partial charge in [-0.2, -0.15) is 0 Å². The first-order valence-corrected chi connectivity index (χ1v) is 8.07. The maximum atomic E-state index is 5.55. The molecule has 4 heteroatoms. The van der Waals surface area contributed by atoms with E-state index in [1.54, 1.807) is 0 Å². The summed E-state index contributed by atoms with van der Waals surface area (Å²) >= 11 is 0. The van der Waals surface area contributed by atoms with Gasteiger partial charge in [0.15, 0.2) is 0 Å². The van der Waals surface area contributed by atoms with Crippen molar-refractivity contribution in [3.05, 3.63) is 29.6 Å². The van der Waals surface area contributed by atoms with Crippen LogP contribution in [0, 0.1) is 5.92 Å². The first-order valence-electron chi connectivity index (χ1n) is 8.07. The zero-order valence-corrected chi connectivity index (χ0v) is 13.6. The first-order chi connectivity index (χ1) is 10.1. The Hall–Kier alpha value is -0.970. The molecule has 0 amide bonds. The number of hydrogen-bond donors (Lipinski definition) is 1. The van der Waals surface area contributed by atoms with Crippen molar-refractivity contribution in [2.75, 3.05) is 26.8 Å². The van der Waals surface area contributed by atoms with E-state index in [9.17, 15) is 0 Å². The quantitative estimate of drug-likeness (QED) is 0.837. The van der Waals surface area contributed by atoms with Crippen molar-refractivity contribution in [1.82, 2.24) is 15.2 Å². The lowest BCUT2D eigenvalue weighted by Crippen LogP contribution is -2.30. The molecule has 1 aromatic rings. The summed E-state index contributed by atoms with van der Waals surface area (Å²) < 4.78 is 5.55. The number of nitrogens with one attached hydrogen (secondary N) is 1. The molecular weight excluding hydrogens is 262 g/mol. The van der Waals surface area contributed by atoms with Gasteiger partial charge in [-0.15, -0.1) is 0 Å². The van der Waals surface area contributed by atoms with Crippen LogP contribution < -0.4 is 5.32 Å². The summed E-state index contributed by atoms with van der Waals surface area (Å²) in [6.45, 7) is 9.07. The second-order valence-electron chi connectivity index (χ2n) is 6.47. The Bertz CT molecular complexity index is 399. The minimum Gasteiger partial charge on any atom is -0.381 e. The van der Waals surface area contributed by atoms with Crippen LogP contribution in [0.15, 0.2) is 18.3 Å². The Morgan fingerprint density at radius 1 is 1.43 bits per heavy atom. The topological polar surface area (TPSA) is 37.4 Å². The van der Waals surface area contributed by atoms with Crippen LogP contribution in [-0.2, 0) is 17.8 Å². The Labute approximate surface area is 128 Å². The molecule has 0 spiro atoms. The van der Waals surface area contributed by atoms with Crippen molar-refractivity contribution in [2.24, 2.45) is 5.92 Å². The average Bonchev–Trinajstić information content (AvgIpc) is 2.47. The molecule has 2 rings (SSSR count). The lowest BCUT2D eigenvalue weighted by atomic mass is 10.0. The van der Waals surface area contributed by atoms with Gasteiger partial charge in [0.05, 0.1) is 12.3 Å². The fourth-order valence-corrected chi connectivity index (χ4v) is 2.71. The number of pyridine rings is 1. The van der Waals surface area contributed by atoms with Crippen LogP contribution in [0.5, 0.6) is 0 Å². The number of rotatable bonds is 7. The molecule has 1 aliphatic rings. The van der Waals surface area contributed by atoms with Crippen molar-refractivity contribution in [1.29, 1.82) is 0 Å². The van der Waals surface area contributed by atoms with Gasteiger partial charge in [0.1, 0.15) is 0 Å². The van der Waals surface area contributed by atoms with Crippen molar-refractivity contribution in [2.45, 2.75) is 45.8 Å². The van der Waals surface area contributed by atoms with Gasteiger partial charge in [0, 0.05) is 38.5 Å². The van der Waals surface area contributed by atoms with E-state index in [0.717, 1.165) is 38.5 Å². The normalized spacial score (nSPS) is 19.4. The molecule has 1 saturated heterocycles. The van der Waals surface area contributed by atoms with Gasteiger partial charge in [-0.1, -0.05) is 19.9 Å². The van der Waals surface area contributed by atoms with Crippen LogP contribution in [0.1, 0.15) is 37.9 Å². The molecule has 118 valence electrons. The second kappa shape index (κ2) is 8.47. The molecule has 1 N–H and O–H groups in total. The second-order valence-corrected chi connectivity index (χ2v) is 6.47. The average molecular weight is 291 g/mol. The maximum Gasteiger partial charge on any atom is 0.0544 e. The molecule has 0 saturated carbocycles. The van der Waals surface area contributed by atoms with Crippen molar-refractivity contribution in [3.8, 4) is 0 Å². The zero-order valence-electron chi connectivity index (χ0n) is 13.6. The third-order valence-electron chi connectivity index (χ3n) is 3.86. The highest BCUT2D eigenvalue weighted by Crippen LogP contribution is 2.15. The van der Waals surface area contributed by atoms with Crippen LogP contribution in [0.3, 0.4) is 0 Å². The van der Waals surface area contributed by atoms with Gasteiger partial charge in [-0.05, 0) is 37.4 Å². The van der Waals surface area contributed by atoms with Crippen molar-refractivity contribution >= 4 is 0 Å². The van der Waals surface area contributed by atoms with Crippen molar-refractivity contribution in [3.63, 3.8) is 0 Å². The highest BCUT2D eigenvalue weighted by atomic mass is 16.5. The molecule has 1 atom stereocenters. The summed E-state index contributed by atoms with van der Waals surface area (Å²) in [5, 5.41) is 3.41. The Morgan fingerprint density at radius 3 is 2.90 bits per heavy atom. The largest absolute Gasteiger partial charge is 0.381 e. The highest BCUT2D eigenvalue weighted by Gasteiger charge is 2.16. The minimum absolute atomic E-state index is 0.508. The smallest absolute Gasteiger partial charge is 0.0544 e. The van der Waals surface area contributed by atoms with Gasteiger partial charge in [0.2, 0.25) is 0 Å². The third-order valence-corrected chi connectivity index (χ3v) is 3.86. The van der Waals surface area contributed by atoms with Gasteiger partial charge in [-0.25, -0.2) is 0 Å². The Kier molecular flexibility index (Phi) is 6.61. The van der Waals surface area contributed by atoms with E-state index in [0.29, 0.717) is 12.0 Å². The Morgan fingerprint density at radius 2 is 2.29 bits per heavy atom. The number of nitrogens with zero attached hydrogens (tertiary/aromatic N) is 2. The van der Waals surface area contributed by atoms with Crippen LogP contribution >= 0.6 is 0 Å². The van der Waals surface area contributed by atoms with Crippen LogP contribution in [-0.4, -0.2) is 42.7 Å². The van der Waals surface area contributed by atoms with Crippen LogP contribution in [0.2, 0.25) is 0 Å². The molecule has 1 unspecified atom stereocenters. The van der Waals surface area contributed by atoms with Gasteiger partial charge in [-0.3, -0.25) is 4.98 Å². The molecular formula is C17H29N3O. The van der Waals surface area contributed by atoms with Gasteiger partial charge in [0.25, 0.3) is 0 Å². The summed E-state index contributed by atoms with van der Waals surface area (Å²) in [5.74, 6) is 0.679. The zero-order chi connectivity index (χ0) is 15.1. The molecule has 21 heavy (non-hydrogen) atoms. The highest BCUT2D eigenvalue weighted by molar-refractivity contribution is 5.14. The van der Waals surface area contributed by atoms with E-state index in [4.69, 9.17) is 4.74 Å². The van der Waals surface area contributed by atoms with E-state index in [1.165, 1.54) is 18.4 Å². The van der Waals surface area contributed by atoms with Gasteiger partial charge >= 0.3 is 0 Å². The molecule has 0 aromatic carbocycles. The van der Waals surface area contributed by atoms with Gasteiger partial charge < -0.3 is 15.0 Å². The summed E-state index contributed by atoms with van der Waals surface area (Å²) in [4.78, 5) is 6.93. The molecule has 1 fully saturated rings. The van der Waals surface area contributed by atoms with E-state index in [2.05, 4.69) is 48.2 Å². The lowest BCUT2D eigenvalue weighted by Gasteiger charge is -2.26. The van der Waals surface area contributed by atoms with Crippen LogP contribution in [0.25, 0.3) is 0 Å². The van der Waals surface area contributed by atoms with Crippen molar-refractivity contribution < 1.29 is 4.74 Å². The van der Waals surface area contributed by atoms with E-state index < -0.39 is 0 Å². The van der Waals surface area contributed by atoms with Crippen LogP contribution in [0.4, 0.5) is 0 Å². The number of aromatic nitrogens is 1. The fourth-order valence-electron chi connectivity index (χ4n) is 2.71. The predicted octanol–water partition coefficient (Wildman–Crippen LogP) is 2.44. The first kappa shape index (κ1) is 16.4. The monoisotopic (exact) mass is 291 g/mol. The molecule has 1 aliphatic heterocycles. The summed E-state index contributed by atoms with van der Waals surface area (Å²) in [5.41, 5.74) is 2.39.